The fourth-order valence-electron chi connectivity index (χ4n) is 1.66. The van der Waals surface area contributed by atoms with Crippen LogP contribution in [0.15, 0.2) is 24.3 Å². The SMILES string of the molecule is CCOc1ccccc1CCC(=O)NCC(C)(C)O. The monoisotopic (exact) mass is 265 g/mol. The molecule has 0 aliphatic rings. The zero-order chi connectivity index (χ0) is 14.3. The minimum Gasteiger partial charge on any atom is -0.494 e. The summed E-state index contributed by atoms with van der Waals surface area (Å²) in [7, 11) is 0. The van der Waals surface area contributed by atoms with Crippen molar-refractivity contribution in [1.29, 1.82) is 0 Å². The Morgan fingerprint density at radius 2 is 2.05 bits per heavy atom. The lowest BCUT2D eigenvalue weighted by atomic mass is 10.1. The van der Waals surface area contributed by atoms with Crippen LogP contribution in [0.4, 0.5) is 0 Å². The van der Waals surface area contributed by atoms with Crippen molar-refractivity contribution in [2.24, 2.45) is 0 Å². The van der Waals surface area contributed by atoms with Crippen molar-refractivity contribution >= 4 is 5.91 Å². The topological polar surface area (TPSA) is 58.6 Å². The van der Waals surface area contributed by atoms with Crippen LogP contribution in [0.1, 0.15) is 32.8 Å². The molecule has 0 aliphatic carbocycles. The molecular formula is C15H23NO3. The Morgan fingerprint density at radius 1 is 1.37 bits per heavy atom. The highest BCUT2D eigenvalue weighted by Gasteiger charge is 2.14. The third kappa shape index (κ3) is 6.25. The molecule has 106 valence electrons. The molecule has 0 spiro atoms. The van der Waals surface area contributed by atoms with E-state index in [-0.39, 0.29) is 12.5 Å². The highest BCUT2D eigenvalue weighted by molar-refractivity contribution is 5.76. The first-order chi connectivity index (χ1) is 8.92. The summed E-state index contributed by atoms with van der Waals surface area (Å²) < 4.78 is 5.51. The smallest absolute Gasteiger partial charge is 0.220 e. The van der Waals surface area contributed by atoms with Gasteiger partial charge in [-0.2, -0.15) is 0 Å². The molecule has 0 aromatic heterocycles. The van der Waals surface area contributed by atoms with Crippen LogP contribution >= 0.6 is 0 Å². The number of nitrogens with one attached hydrogen (secondary N) is 1. The van der Waals surface area contributed by atoms with E-state index in [4.69, 9.17) is 4.74 Å². The molecule has 0 bridgehead atoms. The van der Waals surface area contributed by atoms with E-state index in [0.717, 1.165) is 11.3 Å². The average molecular weight is 265 g/mol. The Kier molecular flexibility index (Phi) is 5.83. The summed E-state index contributed by atoms with van der Waals surface area (Å²) in [5, 5.41) is 12.2. The first kappa shape index (κ1) is 15.5. The van der Waals surface area contributed by atoms with E-state index in [1.165, 1.54) is 0 Å². The van der Waals surface area contributed by atoms with E-state index in [1.807, 2.05) is 31.2 Å². The summed E-state index contributed by atoms with van der Waals surface area (Å²) in [4.78, 5) is 11.7. The van der Waals surface area contributed by atoms with Gasteiger partial charge in [-0.3, -0.25) is 4.79 Å². The fourth-order valence-corrected chi connectivity index (χ4v) is 1.66. The second kappa shape index (κ2) is 7.14. The maximum absolute atomic E-state index is 11.7. The van der Waals surface area contributed by atoms with Gasteiger partial charge in [0.05, 0.1) is 12.2 Å². The highest BCUT2D eigenvalue weighted by atomic mass is 16.5. The molecular weight excluding hydrogens is 242 g/mol. The van der Waals surface area contributed by atoms with E-state index < -0.39 is 5.60 Å². The Balaban J connectivity index is 2.46. The van der Waals surface area contributed by atoms with Gasteiger partial charge in [0.25, 0.3) is 0 Å². The molecule has 0 saturated carbocycles. The van der Waals surface area contributed by atoms with Gasteiger partial charge in [0.2, 0.25) is 5.91 Å². The summed E-state index contributed by atoms with van der Waals surface area (Å²) in [6, 6.07) is 7.73. The van der Waals surface area contributed by atoms with Crippen LogP contribution in [0.3, 0.4) is 0 Å². The summed E-state index contributed by atoms with van der Waals surface area (Å²) in [5.74, 6) is 0.772. The predicted octanol–water partition coefficient (Wildman–Crippen LogP) is 1.90. The zero-order valence-electron chi connectivity index (χ0n) is 11.9. The van der Waals surface area contributed by atoms with Gasteiger partial charge < -0.3 is 15.2 Å². The molecule has 0 radical (unpaired) electrons. The lowest BCUT2D eigenvalue weighted by Gasteiger charge is -2.17. The maximum atomic E-state index is 11.7. The molecule has 4 heteroatoms. The number of carbonyl (C=O) groups excluding carboxylic acids is 1. The molecule has 0 atom stereocenters. The molecule has 2 N–H and O–H groups in total. The third-order valence-corrected chi connectivity index (χ3v) is 2.61. The fraction of sp³-hybridized carbons (Fsp3) is 0.533. The normalized spacial score (nSPS) is 11.2. The van der Waals surface area contributed by atoms with Gasteiger partial charge in [0, 0.05) is 13.0 Å². The van der Waals surface area contributed by atoms with Gasteiger partial charge in [-0.1, -0.05) is 18.2 Å². The number of benzene rings is 1. The quantitative estimate of drug-likeness (QED) is 0.791. The molecule has 0 saturated heterocycles. The Hall–Kier alpha value is -1.55. The summed E-state index contributed by atoms with van der Waals surface area (Å²) >= 11 is 0. The third-order valence-electron chi connectivity index (χ3n) is 2.61. The maximum Gasteiger partial charge on any atom is 0.220 e. The minimum absolute atomic E-state index is 0.0616. The summed E-state index contributed by atoms with van der Waals surface area (Å²) in [5.41, 5.74) is 0.154. The van der Waals surface area contributed by atoms with Crippen LogP contribution < -0.4 is 10.1 Å². The van der Waals surface area contributed by atoms with Crippen LogP contribution in [0.5, 0.6) is 5.75 Å². The molecule has 0 fully saturated rings. The molecule has 1 amide bonds. The van der Waals surface area contributed by atoms with E-state index in [9.17, 15) is 9.90 Å². The van der Waals surface area contributed by atoms with Gasteiger partial charge in [-0.15, -0.1) is 0 Å². The molecule has 1 aromatic carbocycles. The van der Waals surface area contributed by atoms with Crippen molar-refractivity contribution in [2.45, 2.75) is 39.2 Å². The number of rotatable bonds is 7. The van der Waals surface area contributed by atoms with Crippen LogP contribution in [-0.4, -0.2) is 29.8 Å². The molecule has 1 aromatic rings. The van der Waals surface area contributed by atoms with Crippen molar-refractivity contribution in [3.63, 3.8) is 0 Å². The largest absolute Gasteiger partial charge is 0.494 e. The first-order valence-electron chi connectivity index (χ1n) is 6.62. The van der Waals surface area contributed by atoms with Crippen LogP contribution in [0.25, 0.3) is 0 Å². The van der Waals surface area contributed by atoms with Crippen molar-refractivity contribution in [3.8, 4) is 5.75 Å². The Labute approximate surface area is 114 Å². The number of carbonyl (C=O) groups is 1. The lowest BCUT2D eigenvalue weighted by molar-refractivity contribution is -0.122. The van der Waals surface area contributed by atoms with Crippen molar-refractivity contribution in [1.82, 2.24) is 5.32 Å². The van der Waals surface area contributed by atoms with E-state index in [2.05, 4.69) is 5.32 Å². The molecule has 1 rings (SSSR count). The van der Waals surface area contributed by atoms with Gasteiger partial charge in [-0.25, -0.2) is 0 Å². The van der Waals surface area contributed by atoms with Gasteiger partial charge in [0.15, 0.2) is 0 Å². The summed E-state index contributed by atoms with van der Waals surface area (Å²) in [6.45, 7) is 6.14. The molecule has 0 aliphatic heterocycles. The van der Waals surface area contributed by atoms with Crippen molar-refractivity contribution in [2.75, 3.05) is 13.2 Å². The van der Waals surface area contributed by atoms with Crippen molar-refractivity contribution in [3.05, 3.63) is 29.8 Å². The summed E-state index contributed by atoms with van der Waals surface area (Å²) in [6.07, 6.45) is 1.02. The number of aliphatic hydroxyl groups is 1. The molecule has 19 heavy (non-hydrogen) atoms. The zero-order valence-corrected chi connectivity index (χ0v) is 11.9. The lowest BCUT2D eigenvalue weighted by Crippen LogP contribution is -2.38. The second-order valence-corrected chi connectivity index (χ2v) is 5.13. The molecule has 0 heterocycles. The van der Waals surface area contributed by atoms with Crippen LogP contribution in [0.2, 0.25) is 0 Å². The number of amides is 1. The number of hydrogen-bond acceptors (Lipinski definition) is 3. The van der Waals surface area contributed by atoms with E-state index in [0.29, 0.717) is 19.4 Å². The van der Waals surface area contributed by atoms with Crippen molar-refractivity contribution < 1.29 is 14.6 Å². The van der Waals surface area contributed by atoms with Gasteiger partial charge in [0.1, 0.15) is 5.75 Å². The Morgan fingerprint density at radius 3 is 2.68 bits per heavy atom. The average Bonchev–Trinajstić information content (AvgIpc) is 2.35. The highest BCUT2D eigenvalue weighted by Crippen LogP contribution is 2.19. The van der Waals surface area contributed by atoms with Gasteiger partial charge >= 0.3 is 0 Å². The molecule has 0 unspecified atom stereocenters. The number of hydrogen-bond donors (Lipinski definition) is 2. The number of para-hydroxylation sites is 1. The van der Waals surface area contributed by atoms with E-state index in [1.54, 1.807) is 13.8 Å². The van der Waals surface area contributed by atoms with E-state index >= 15 is 0 Å². The standard InChI is InChI=1S/C15H23NO3/c1-4-19-13-8-6-5-7-12(13)9-10-14(17)16-11-15(2,3)18/h5-8,18H,4,9-11H2,1-3H3,(H,16,17). The Bertz CT molecular complexity index is 410. The molecule has 4 nitrogen and oxygen atoms in total. The predicted molar refractivity (Wildman–Crippen MR) is 75.2 cm³/mol. The van der Waals surface area contributed by atoms with Crippen LogP contribution in [0, 0.1) is 0 Å². The first-order valence-corrected chi connectivity index (χ1v) is 6.62. The van der Waals surface area contributed by atoms with Gasteiger partial charge in [-0.05, 0) is 38.8 Å². The minimum atomic E-state index is -0.876. The van der Waals surface area contributed by atoms with Crippen LogP contribution in [-0.2, 0) is 11.2 Å². The number of ether oxygens (including phenoxy) is 1. The number of aryl methyl sites for hydroxylation is 1. The second-order valence-electron chi connectivity index (χ2n) is 5.13.